The van der Waals surface area contributed by atoms with E-state index in [4.69, 9.17) is 5.11 Å². The van der Waals surface area contributed by atoms with Crippen LogP contribution in [0.5, 0.6) is 0 Å². The summed E-state index contributed by atoms with van der Waals surface area (Å²) in [7, 11) is 0. The minimum absolute atomic E-state index is 0.101. The van der Waals surface area contributed by atoms with Crippen molar-refractivity contribution in [3.05, 3.63) is 19.1 Å². The SMILES string of the molecule is C=C[CH][14CH2]O. The van der Waals surface area contributed by atoms with E-state index in [1.807, 2.05) is 0 Å². The number of hydrogen-bond acceptors (Lipinski definition) is 1. The molecule has 0 atom stereocenters. The minimum Gasteiger partial charge on any atom is -0.396 e. The minimum atomic E-state index is 0.101. The highest BCUT2D eigenvalue weighted by Gasteiger charge is 1.63. The van der Waals surface area contributed by atoms with Crippen molar-refractivity contribution >= 4 is 0 Å². The number of aliphatic hydroxyl groups excluding tert-OH is 1. The summed E-state index contributed by atoms with van der Waals surface area (Å²) in [5, 5.41) is 7.94. The third-order valence-electron chi connectivity index (χ3n) is 0.272. The van der Waals surface area contributed by atoms with Crippen LogP contribution in [0.25, 0.3) is 0 Å². The fraction of sp³-hybridized carbons (Fsp3) is 0.250. The predicted molar refractivity (Wildman–Crippen MR) is 21.6 cm³/mol. The number of hydrogen-bond donors (Lipinski definition) is 1. The van der Waals surface area contributed by atoms with E-state index in [1.165, 1.54) is 0 Å². The van der Waals surface area contributed by atoms with Crippen molar-refractivity contribution < 1.29 is 5.11 Å². The Bertz CT molecular complexity index is 24.8. The zero-order chi connectivity index (χ0) is 4.12. The van der Waals surface area contributed by atoms with Crippen LogP contribution >= 0.6 is 0 Å². The maximum absolute atomic E-state index is 7.94. The number of rotatable bonds is 2. The Morgan fingerprint density at radius 3 is 2.40 bits per heavy atom. The molecule has 0 saturated heterocycles. The lowest BCUT2D eigenvalue weighted by Crippen LogP contribution is -1.73. The second-order valence-electron chi connectivity index (χ2n) is 0.654. The smallest absolute Gasteiger partial charge is 0.0500 e. The Balaban J connectivity index is 2.40. The van der Waals surface area contributed by atoms with E-state index in [0.717, 1.165) is 0 Å². The van der Waals surface area contributed by atoms with E-state index in [9.17, 15) is 0 Å². The Morgan fingerprint density at radius 1 is 1.80 bits per heavy atom. The molecule has 0 fully saturated rings. The molecular formula is C4H7O. The van der Waals surface area contributed by atoms with E-state index in [-0.39, 0.29) is 6.61 Å². The molecule has 0 saturated carbocycles. The van der Waals surface area contributed by atoms with Crippen LogP contribution in [0.15, 0.2) is 12.7 Å². The van der Waals surface area contributed by atoms with Crippen LogP contribution in [0.2, 0.25) is 0 Å². The second-order valence-corrected chi connectivity index (χ2v) is 0.654. The predicted octanol–water partition coefficient (Wildman–Crippen LogP) is 0.369. The molecule has 1 heteroatoms. The summed E-state index contributed by atoms with van der Waals surface area (Å²) in [4.78, 5) is 0. The second kappa shape index (κ2) is 3.70. The molecule has 0 bridgehead atoms. The average Bonchev–Trinajstić information content (AvgIpc) is 1.41. The van der Waals surface area contributed by atoms with Gasteiger partial charge < -0.3 is 5.11 Å². The monoisotopic (exact) mass is 73.1 g/mol. The fourth-order valence-electron chi connectivity index (χ4n) is 0.0745. The summed E-state index contributed by atoms with van der Waals surface area (Å²) < 4.78 is 0. The van der Waals surface area contributed by atoms with E-state index < -0.39 is 0 Å². The van der Waals surface area contributed by atoms with E-state index in [1.54, 1.807) is 12.5 Å². The largest absolute Gasteiger partial charge is 0.396 e. The molecule has 0 aromatic heterocycles. The molecule has 0 aliphatic heterocycles. The van der Waals surface area contributed by atoms with Crippen LogP contribution < -0.4 is 0 Å². The van der Waals surface area contributed by atoms with Crippen molar-refractivity contribution in [1.29, 1.82) is 0 Å². The summed E-state index contributed by atoms with van der Waals surface area (Å²) in [5.74, 6) is 0. The Hall–Kier alpha value is -0.300. The third kappa shape index (κ3) is 3.70. The Kier molecular flexibility index (Phi) is 3.48. The first-order chi connectivity index (χ1) is 2.41. The topological polar surface area (TPSA) is 20.2 Å². The summed E-state index contributed by atoms with van der Waals surface area (Å²) in [6.07, 6.45) is 3.12. The fourth-order valence-corrected chi connectivity index (χ4v) is 0.0745. The van der Waals surface area contributed by atoms with Gasteiger partial charge in [0.2, 0.25) is 0 Å². The quantitative estimate of drug-likeness (QED) is 0.500. The molecule has 0 aliphatic carbocycles. The molecule has 0 aromatic carbocycles. The molecule has 1 radical (unpaired) electrons. The third-order valence-corrected chi connectivity index (χ3v) is 0.272. The molecular weight excluding hydrogens is 66.0 g/mol. The maximum atomic E-state index is 7.94. The van der Waals surface area contributed by atoms with Gasteiger partial charge in [-0.1, -0.05) is 6.08 Å². The molecule has 0 aliphatic rings. The highest BCUT2D eigenvalue weighted by Crippen LogP contribution is 1.67. The molecule has 1 nitrogen and oxygen atoms in total. The van der Waals surface area contributed by atoms with E-state index in [2.05, 4.69) is 6.58 Å². The molecule has 0 amide bonds. The molecule has 0 heterocycles. The summed E-state index contributed by atoms with van der Waals surface area (Å²) in [6.45, 7) is 3.44. The van der Waals surface area contributed by atoms with Gasteiger partial charge in [-0.15, -0.1) is 6.58 Å². The van der Waals surface area contributed by atoms with Crippen molar-refractivity contribution in [2.24, 2.45) is 0 Å². The standard InChI is InChI=1S/C4H7O/c1-2-3-4-5/h2-3,5H,1,4H2/i4+2. The first kappa shape index (κ1) is 4.70. The first-order valence-electron chi connectivity index (χ1n) is 1.47. The lowest BCUT2D eigenvalue weighted by Gasteiger charge is -1.72. The van der Waals surface area contributed by atoms with Gasteiger partial charge in [-0.05, 0) is 0 Å². The van der Waals surface area contributed by atoms with Crippen molar-refractivity contribution in [3.63, 3.8) is 0 Å². The van der Waals surface area contributed by atoms with Gasteiger partial charge in [-0.25, -0.2) is 0 Å². The van der Waals surface area contributed by atoms with Crippen molar-refractivity contribution in [2.75, 3.05) is 6.61 Å². The van der Waals surface area contributed by atoms with Gasteiger partial charge in [-0.3, -0.25) is 0 Å². The average molecular weight is 73.1 g/mol. The van der Waals surface area contributed by atoms with E-state index >= 15 is 0 Å². The van der Waals surface area contributed by atoms with Crippen LogP contribution in [-0.2, 0) is 0 Å². The van der Waals surface area contributed by atoms with Gasteiger partial charge in [-0.2, -0.15) is 0 Å². The van der Waals surface area contributed by atoms with Crippen LogP contribution in [0.4, 0.5) is 0 Å². The Morgan fingerprint density at radius 2 is 2.40 bits per heavy atom. The zero-order valence-electron chi connectivity index (χ0n) is 3.02. The van der Waals surface area contributed by atoms with Crippen LogP contribution in [0.1, 0.15) is 0 Å². The molecule has 0 unspecified atom stereocenters. The number of aliphatic hydroxyl groups is 1. The van der Waals surface area contributed by atoms with Crippen molar-refractivity contribution in [1.82, 2.24) is 0 Å². The van der Waals surface area contributed by atoms with Gasteiger partial charge in [0.25, 0.3) is 0 Å². The lowest BCUT2D eigenvalue weighted by molar-refractivity contribution is 0.332. The maximum Gasteiger partial charge on any atom is 0.0500 e. The summed E-state index contributed by atoms with van der Waals surface area (Å²) in [5.41, 5.74) is 0. The van der Waals surface area contributed by atoms with Crippen LogP contribution in [0.3, 0.4) is 0 Å². The highest BCUT2D eigenvalue weighted by atomic mass is 16.5. The van der Waals surface area contributed by atoms with Gasteiger partial charge in [0.1, 0.15) is 0 Å². The first-order valence-corrected chi connectivity index (χ1v) is 1.47. The molecule has 0 spiro atoms. The normalized spacial score (nSPS) is 7.40. The van der Waals surface area contributed by atoms with Crippen LogP contribution in [-0.4, -0.2) is 11.7 Å². The van der Waals surface area contributed by atoms with Gasteiger partial charge >= 0.3 is 0 Å². The van der Waals surface area contributed by atoms with E-state index in [0.29, 0.717) is 0 Å². The summed E-state index contributed by atoms with van der Waals surface area (Å²) in [6, 6.07) is 0. The molecule has 1 N–H and O–H groups in total. The highest BCUT2D eigenvalue weighted by molar-refractivity contribution is 4.84. The molecule has 5 heavy (non-hydrogen) atoms. The molecule has 0 rings (SSSR count). The van der Waals surface area contributed by atoms with Gasteiger partial charge in [0.05, 0.1) is 0 Å². The van der Waals surface area contributed by atoms with Gasteiger partial charge in [0, 0.05) is 13.0 Å². The summed E-state index contributed by atoms with van der Waals surface area (Å²) >= 11 is 0. The van der Waals surface area contributed by atoms with Crippen molar-refractivity contribution in [3.8, 4) is 0 Å². The molecule has 0 aromatic rings. The molecule has 29 valence electrons. The van der Waals surface area contributed by atoms with Crippen molar-refractivity contribution in [2.45, 2.75) is 0 Å². The lowest BCUT2D eigenvalue weighted by atomic mass is 10.7. The Labute approximate surface area is 31.9 Å². The van der Waals surface area contributed by atoms with Crippen LogP contribution in [0, 0.1) is 6.42 Å². The zero-order valence-corrected chi connectivity index (χ0v) is 3.02. The van der Waals surface area contributed by atoms with Gasteiger partial charge in [0.15, 0.2) is 0 Å².